The summed E-state index contributed by atoms with van der Waals surface area (Å²) in [7, 11) is 1.95. The van der Waals surface area contributed by atoms with Crippen LogP contribution in [0.1, 0.15) is 55.6 Å². The lowest BCUT2D eigenvalue weighted by Crippen LogP contribution is -2.40. The van der Waals surface area contributed by atoms with Gasteiger partial charge in [0.15, 0.2) is 0 Å². The molecule has 1 aromatic rings. The van der Waals surface area contributed by atoms with E-state index in [1.807, 2.05) is 14.0 Å². The average molecular weight is 363 g/mol. The number of pyridine rings is 1. The summed E-state index contributed by atoms with van der Waals surface area (Å²) in [6.45, 7) is 15.3. The zero-order chi connectivity index (χ0) is 19.7. The van der Waals surface area contributed by atoms with Crippen LogP contribution in [0.25, 0.3) is 0 Å². The number of hydrogen-bond acceptors (Lipinski definition) is 6. The van der Waals surface area contributed by atoms with Crippen LogP contribution in [0.4, 0.5) is 5.69 Å². The minimum atomic E-state index is 0.424. The van der Waals surface area contributed by atoms with E-state index < -0.39 is 0 Å². The van der Waals surface area contributed by atoms with Crippen LogP contribution in [0, 0.1) is 13.8 Å². The normalized spacial score (nSPS) is 14.6. The predicted molar refractivity (Wildman–Crippen MR) is 112 cm³/mol. The van der Waals surface area contributed by atoms with Gasteiger partial charge in [-0.15, -0.1) is 0 Å². The second-order valence-corrected chi connectivity index (χ2v) is 6.95. The third-order valence-electron chi connectivity index (χ3n) is 4.62. The third kappa shape index (κ3) is 5.88. The standard InChI is InChI=1S/C17H30N6.C3H8/c1-11-15(9-18)17(16(10-20-4)12(2)21-11)22-14-5-7-23(8-6-14)13(3)19;1-3-2/h14,20H,3,5-10,18-19H2,1-2,4H3,(H,21,22);3H2,1-2H3. The molecule has 2 heterocycles. The van der Waals surface area contributed by atoms with E-state index in [1.165, 1.54) is 12.0 Å². The zero-order valence-corrected chi connectivity index (χ0v) is 17.3. The second kappa shape index (κ2) is 11.0. The summed E-state index contributed by atoms with van der Waals surface area (Å²) in [5.41, 5.74) is 17.4. The summed E-state index contributed by atoms with van der Waals surface area (Å²) in [6.07, 6.45) is 3.33. The van der Waals surface area contributed by atoms with Gasteiger partial charge >= 0.3 is 0 Å². The summed E-state index contributed by atoms with van der Waals surface area (Å²) in [4.78, 5) is 6.79. The van der Waals surface area contributed by atoms with Gasteiger partial charge in [0.1, 0.15) is 0 Å². The topological polar surface area (TPSA) is 92.2 Å². The molecule has 0 atom stereocenters. The predicted octanol–water partition coefficient (Wildman–Crippen LogP) is 2.60. The minimum absolute atomic E-state index is 0.424. The highest BCUT2D eigenvalue weighted by molar-refractivity contribution is 5.61. The fourth-order valence-corrected chi connectivity index (χ4v) is 3.26. The first-order valence-corrected chi connectivity index (χ1v) is 9.68. The van der Waals surface area contributed by atoms with Crippen LogP contribution in [-0.4, -0.2) is 36.1 Å². The number of nitrogens with zero attached hydrogens (tertiary/aromatic N) is 2. The van der Waals surface area contributed by atoms with Crippen molar-refractivity contribution < 1.29 is 0 Å². The number of aromatic nitrogens is 1. The molecule has 0 radical (unpaired) electrons. The average Bonchev–Trinajstić information content (AvgIpc) is 2.59. The third-order valence-corrected chi connectivity index (χ3v) is 4.62. The van der Waals surface area contributed by atoms with E-state index in [0.717, 1.165) is 55.1 Å². The molecule has 0 unspecified atom stereocenters. The Labute approximate surface area is 159 Å². The Hall–Kier alpha value is -1.79. The van der Waals surface area contributed by atoms with Gasteiger partial charge in [-0.2, -0.15) is 0 Å². The molecule has 6 nitrogen and oxygen atoms in total. The number of aryl methyl sites for hydroxylation is 2. The highest BCUT2D eigenvalue weighted by Gasteiger charge is 2.22. The number of anilines is 1. The molecule has 0 saturated carbocycles. The fraction of sp³-hybridized carbons (Fsp3) is 0.650. The lowest BCUT2D eigenvalue weighted by Gasteiger charge is -2.35. The first-order chi connectivity index (χ1) is 12.4. The fourth-order valence-electron chi connectivity index (χ4n) is 3.26. The molecule has 0 spiro atoms. The molecule has 0 bridgehead atoms. The summed E-state index contributed by atoms with van der Waals surface area (Å²) >= 11 is 0. The lowest BCUT2D eigenvalue weighted by molar-refractivity contribution is 0.270. The van der Waals surface area contributed by atoms with E-state index in [9.17, 15) is 0 Å². The van der Waals surface area contributed by atoms with Gasteiger partial charge in [-0.3, -0.25) is 4.98 Å². The first kappa shape index (κ1) is 22.3. The maximum atomic E-state index is 6.00. The number of hydrogen-bond donors (Lipinski definition) is 4. The molecule has 0 aromatic carbocycles. The van der Waals surface area contributed by atoms with Crippen molar-refractivity contribution in [3.63, 3.8) is 0 Å². The van der Waals surface area contributed by atoms with Crippen molar-refractivity contribution >= 4 is 5.69 Å². The second-order valence-electron chi connectivity index (χ2n) is 6.95. The van der Waals surface area contributed by atoms with Gasteiger partial charge in [-0.05, 0) is 33.7 Å². The SMILES string of the molecule is C=C(N)N1CCC(Nc2c(CN)c(C)nc(C)c2CNC)CC1.CCC. The van der Waals surface area contributed by atoms with Gasteiger partial charge in [-0.25, -0.2) is 0 Å². The molecule has 0 amide bonds. The number of nitrogens with two attached hydrogens (primary N) is 2. The van der Waals surface area contributed by atoms with Crippen LogP contribution in [-0.2, 0) is 13.1 Å². The molecule has 2 rings (SSSR count). The number of piperidine rings is 1. The van der Waals surface area contributed by atoms with Crippen LogP contribution >= 0.6 is 0 Å². The van der Waals surface area contributed by atoms with E-state index >= 15 is 0 Å². The van der Waals surface area contributed by atoms with Crippen LogP contribution in [0.15, 0.2) is 12.4 Å². The Kier molecular flexibility index (Phi) is 9.44. The Morgan fingerprint density at radius 2 is 1.73 bits per heavy atom. The van der Waals surface area contributed by atoms with Crippen LogP contribution in [0.3, 0.4) is 0 Å². The van der Waals surface area contributed by atoms with Crippen molar-refractivity contribution in [3.8, 4) is 0 Å². The van der Waals surface area contributed by atoms with Gasteiger partial charge < -0.3 is 27.0 Å². The number of rotatable bonds is 6. The smallest absolute Gasteiger partial charge is 0.0912 e. The van der Waals surface area contributed by atoms with Crippen molar-refractivity contribution in [2.45, 2.75) is 66.1 Å². The highest BCUT2D eigenvalue weighted by Crippen LogP contribution is 2.28. The molecule has 1 fully saturated rings. The van der Waals surface area contributed by atoms with E-state index in [0.29, 0.717) is 18.4 Å². The van der Waals surface area contributed by atoms with Gasteiger partial charge in [0.25, 0.3) is 0 Å². The maximum absolute atomic E-state index is 6.00. The van der Waals surface area contributed by atoms with Crippen LogP contribution < -0.4 is 22.1 Å². The monoisotopic (exact) mass is 362 g/mol. The van der Waals surface area contributed by atoms with Crippen molar-refractivity contribution in [1.29, 1.82) is 0 Å². The van der Waals surface area contributed by atoms with Crippen LogP contribution in [0.2, 0.25) is 0 Å². The number of likely N-dealkylation sites (tertiary alicyclic amines) is 1. The summed E-state index contributed by atoms with van der Waals surface area (Å²) < 4.78 is 0. The Balaban J connectivity index is 0.00000105. The molecule has 1 saturated heterocycles. The highest BCUT2D eigenvalue weighted by atomic mass is 15.2. The lowest BCUT2D eigenvalue weighted by atomic mass is 10.00. The largest absolute Gasteiger partial charge is 0.386 e. The number of nitrogens with one attached hydrogen (secondary N) is 2. The quantitative estimate of drug-likeness (QED) is 0.622. The molecule has 0 aliphatic carbocycles. The van der Waals surface area contributed by atoms with Crippen molar-refractivity contribution in [2.75, 3.05) is 25.5 Å². The zero-order valence-electron chi connectivity index (χ0n) is 17.3. The van der Waals surface area contributed by atoms with E-state index in [1.54, 1.807) is 0 Å². The molecule has 1 aromatic heterocycles. The molecule has 6 heteroatoms. The van der Waals surface area contributed by atoms with Crippen molar-refractivity contribution in [3.05, 3.63) is 34.9 Å². The van der Waals surface area contributed by atoms with E-state index in [4.69, 9.17) is 11.5 Å². The molecular formula is C20H38N6. The molecule has 1 aliphatic rings. The van der Waals surface area contributed by atoms with Gasteiger partial charge in [0.05, 0.1) is 5.82 Å². The molecular weight excluding hydrogens is 324 g/mol. The minimum Gasteiger partial charge on any atom is -0.386 e. The van der Waals surface area contributed by atoms with Crippen molar-refractivity contribution in [2.24, 2.45) is 11.5 Å². The Morgan fingerprint density at radius 3 is 2.19 bits per heavy atom. The molecule has 148 valence electrons. The maximum Gasteiger partial charge on any atom is 0.0912 e. The van der Waals surface area contributed by atoms with Gasteiger partial charge in [0.2, 0.25) is 0 Å². The van der Waals surface area contributed by atoms with Crippen molar-refractivity contribution in [1.82, 2.24) is 15.2 Å². The van der Waals surface area contributed by atoms with Gasteiger partial charge in [0, 0.05) is 60.4 Å². The Bertz CT molecular complexity index is 576. The van der Waals surface area contributed by atoms with Gasteiger partial charge in [-0.1, -0.05) is 26.8 Å². The summed E-state index contributed by atoms with van der Waals surface area (Å²) in [5, 5.41) is 6.98. The van der Waals surface area contributed by atoms with E-state index in [2.05, 4.69) is 47.9 Å². The van der Waals surface area contributed by atoms with E-state index in [-0.39, 0.29) is 0 Å². The Morgan fingerprint density at radius 1 is 1.19 bits per heavy atom. The molecule has 6 N–H and O–H groups in total. The molecule has 1 aliphatic heterocycles. The summed E-state index contributed by atoms with van der Waals surface area (Å²) in [5.74, 6) is 0.664. The molecule has 26 heavy (non-hydrogen) atoms. The van der Waals surface area contributed by atoms with Crippen LogP contribution in [0.5, 0.6) is 0 Å². The first-order valence-electron chi connectivity index (χ1n) is 9.68. The summed E-state index contributed by atoms with van der Waals surface area (Å²) in [6, 6.07) is 0.424.